The molecule has 0 bridgehead atoms. The third-order valence-electron chi connectivity index (χ3n) is 4.67. The molecule has 2 aromatic carbocycles. The molecule has 0 radical (unpaired) electrons. The van der Waals surface area contributed by atoms with Crippen LogP contribution in [0.2, 0.25) is 0 Å². The third-order valence-corrected chi connectivity index (χ3v) is 4.67. The lowest BCUT2D eigenvalue weighted by Crippen LogP contribution is -2.34. The molecule has 6 heteroatoms. The SMILES string of the molecule is CN(C)c1ccc(C(CNC(=O)c2cc(-c3ccccc3)on2)N(C)C)cc1. The van der Waals surface area contributed by atoms with Crippen molar-refractivity contribution < 1.29 is 9.32 Å². The molecule has 0 aliphatic carbocycles. The summed E-state index contributed by atoms with van der Waals surface area (Å²) >= 11 is 0. The molecule has 3 rings (SSSR count). The van der Waals surface area contributed by atoms with Gasteiger partial charge in [-0.1, -0.05) is 47.6 Å². The van der Waals surface area contributed by atoms with Gasteiger partial charge >= 0.3 is 0 Å². The van der Waals surface area contributed by atoms with Gasteiger partial charge in [-0.2, -0.15) is 0 Å². The van der Waals surface area contributed by atoms with Crippen LogP contribution in [-0.4, -0.2) is 50.7 Å². The number of carbonyl (C=O) groups excluding carboxylic acids is 1. The van der Waals surface area contributed by atoms with Gasteiger partial charge in [0, 0.05) is 38.0 Å². The molecule has 146 valence electrons. The maximum atomic E-state index is 12.5. The zero-order chi connectivity index (χ0) is 20.1. The summed E-state index contributed by atoms with van der Waals surface area (Å²) in [6, 6.07) is 19.7. The van der Waals surface area contributed by atoms with E-state index in [-0.39, 0.29) is 17.6 Å². The van der Waals surface area contributed by atoms with Crippen molar-refractivity contribution in [3.8, 4) is 11.3 Å². The fourth-order valence-corrected chi connectivity index (χ4v) is 2.99. The lowest BCUT2D eigenvalue weighted by Gasteiger charge is -2.25. The number of nitrogens with zero attached hydrogens (tertiary/aromatic N) is 3. The topological polar surface area (TPSA) is 61.6 Å². The van der Waals surface area contributed by atoms with Crippen LogP contribution in [0.3, 0.4) is 0 Å². The summed E-state index contributed by atoms with van der Waals surface area (Å²) in [6.45, 7) is 0.473. The Hall–Kier alpha value is -3.12. The molecule has 1 atom stereocenters. The van der Waals surface area contributed by atoms with Crippen LogP contribution in [0, 0.1) is 0 Å². The summed E-state index contributed by atoms with van der Waals surface area (Å²) in [5.41, 5.74) is 3.45. The number of carbonyl (C=O) groups is 1. The minimum atomic E-state index is -0.248. The molecule has 1 heterocycles. The van der Waals surface area contributed by atoms with Gasteiger partial charge in [0.05, 0.1) is 6.04 Å². The second-order valence-electron chi connectivity index (χ2n) is 7.12. The van der Waals surface area contributed by atoms with Crippen LogP contribution in [0.15, 0.2) is 65.2 Å². The fraction of sp³-hybridized carbons (Fsp3) is 0.273. The van der Waals surface area contributed by atoms with Crippen molar-refractivity contribution in [2.75, 3.05) is 39.6 Å². The van der Waals surface area contributed by atoms with Crippen LogP contribution in [-0.2, 0) is 0 Å². The van der Waals surface area contributed by atoms with Gasteiger partial charge in [-0.15, -0.1) is 0 Å². The molecule has 1 aromatic heterocycles. The zero-order valence-electron chi connectivity index (χ0n) is 16.7. The first kappa shape index (κ1) is 19.6. The molecule has 0 fully saturated rings. The minimum Gasteiger partial charge on any atom is -0.378 e. The second-order valence-corrected chi connectivity index (χ2v) is 7.12. The summed E-state index contributed by atoms with van der Waals surface area (Å²) in [6.07, 6.45) is 0. The Morgan fingerprint density at radius 2 is 1.71 bits per heavy atom. The maximum absolute atomic E-state index is 12.5. The van der Waals surface area contributed by atoms with E-state index >= 15 is 0 Å². The van der Waals surface area contributed by atoms with E-state index in [2.05, 4.69) is 44.5 Å². The average Bonchev–Trinajstić information content (AvgIpc) is 3.19. The Morgan fingerprint density at radius 3 is 2.32 bits per heavy atom. The summed E-state index contributed by atoms with van der Waals surface area (Å²) in [5.74, 6) is 0.330. The summed E-state index contributed by atoms with van der Waals surface area (Å²) < 4.78 is 5.32. The van der Waals surface area contributed by atoms with E-state index in [9.17, 15) is 4.79 Å². The van der Waals surface area contributed by atoms with Crippen LogP contribution in [0.25, 0.3) is 11.3 Å². The molecule has 0 spiro atoms. The van der Waals surface area contributed by atoms with Gasteiger partial charge in [-0.3, -0.25) is 4.79 Å². The number of aromatic nitrogens is 1. The molecule has 0 saturated heterocycles. The number of likely N-dealkylation sites (N-methyl/N-ethyl adjacent to an activating group) is 1. The number of nitrogens with one attached hydrogen (secondary N) is 1. The van der Waals surface area contributed by atoms with Crippen LogP contribution in [0.1, 0.15) is 22.1 Å². The predicted molar refractivity (Wildman–Crippen MR) is 111 cm³/mol. The molecular weight excluding hydrogens is 352 g/mol. The molecule has 1 amide bonds. The van der Waals surface area contributed by atoms with Gasteiger partial charge in [0.15, 0.2) is 11.5 Å². The van der Waals surface area contributed by atoms with Crippen molar-refractivity contribution in [1.29, 1.82) is 0 Å². The number of benzene rings is 2. The number of hydrogen-bond acceptors (Lipinski definition) is 5. The monoisotopic (exact) mass is 378 g/mol. The summed E-state index contributed by atoms with van der Waals surface area (Å²) in [4.78, 5) is 16.7. The molecule has 3 aromatic rings. The standard InChI is InChI=1S/C22H26N4O2/c1-25(2)18-12-10-16(11-13-18)20(26(3)4)15-23-22(27)19-14-21(28-24-19)17-8-6-5-7-9-17/h5-14,20H,15H2,1-4H3,(H,23,27). The molecular formula is C22H26N4O2. The van der Waals surface area contributed by atoms with Crippen molar-refractivity contribution in [1.82, 2.24) is 15.4 Å². The summed E-state index contributed by atoms with van der Waals surface area (Å²) in [5, 5.41) is 6.88. The third kappa shape index (κ3) is 4.58. The first-order valence-corrected chi connectivity index (χ1v) is 9.19. The predicted octanol–water partition coefficient (Wildman–Crippen LogP) is 3.44. The number of anilines is 1. The number of amides is 1. The highest BCUT2D eigenvalue weighted by atomic mass is 16.5. The number of rotatable bonds is 7. The molecule has 0 aliphatic rings. The normalized spacial score (nSPS) is 12.0. The highest BCUT2D eigenvalue weighted by Crippen LogP contribution is 2.22. The Morgan fingerprint density at radius 1 is 1.04 bits per heavy atom. The van der Waals surface area contributed by atoms with E-state index in [0.717, 1.165) is 16.8 Å². The van der Waals surface area contributed by atoms with Crippen LogP contribution in [0.4, 0.5) is 5.69 Å². The lowest BCUT2D eigenvalue weighted by molar-refractivity contribution is 0.0933. The van der Waals surface area contributed by atoms with Gasteiger partial charge in [-0.25, -0.2) is 0 Å². The molecule has 1 N–H and O–H groups in total. The van der Waals surface area contributed by atoms with Crippen LogP contribution < -0.4 is 10.2 Å². The highest BCUT2D eigenvalue weighted by molar-refractivity contribution is 5.93. The number of hydrogen-bond donors (Lipinski definition) is 1. The average molecular weight is 378 g/mol. The van der Waals surface area contributed by atoms with Crippen molar-refractivity contribution >= 4 is 11.6 Å². The van der Waals surface area contributed by atoms with Gasteiger partial charge in [-0.05, 0) is 31.8 Å². The zero-order valence-corrected chi connectivity index (χ0v) is 16.7. The van der Waals surface area contributed by atoms with Crippen molar-refractivity contribution in [2.24, 2.45) is 0 Å². The molecule has 0 saturated carbocycles. The van der Waals surface area contributed by atoms with E-state index in [1.165, 1.54) is 0 Å². The minimum absolute atomic E-state index is 0.0562. The van der Waals surface area contributed by atoms with Crippen LogP contribution in [0.5, 0.6) is 0 Å². The quantitative estimate of drug-likeness (QED) is 0.682. The second kappa shape index (κ2) is 8.71. The Labute approximate surface area is 165 Å². The summed E-state index contributed by atoms with van der Waals surface area (Å²) in [7, 11) is 8.03. The van der Waals surface area contributed by atoms with Gasteiger partial charge in [0.1, 0.15) is 0 Å². The van der Waals surface area contributed by atoms with E-state index in [0.29, 0.717) is 12.3 Å². The Kier molecular flexibility index (Phi) is 6.11. The van der Waals surface area contributed by atoms with E-state index in [1.807, 2.05) is 58.5 Å². The Bertz CT molecular complexity index is 902. The first-order valence-electron chi connectivity index (χ1n) is 9.19. The van der Waals surface area contributed by atoms with Crippen molar-refractivity contribution in [2.45, 2.75) is 6.04 Å². The van der Waals surface area contributed by atoms with E-state index < -0.39 is 0 Å². The van der Waals surface area contributed by atoms with E-state index in [4.69, 9.17) is 4.52 Å². The van der Waals surface area contributed by atoms with Gasteiger partial charge < -0.3 is 19.6 Å². The molecule has 28 heavy (non-hydrogen) atoms. The maximum Gasteiger partial charge on any atom is 0.273 e. The largest absolute Gasteiger partial charge is 0.378 e. The van der Waals surface area contributed by atoms with E-state index in [1.54, 1.807) is 6.07 Å². The molecule has 0 aliphatic heterocycles. The lowest BCUT2D eigenvalue weighted by atomic mass is 10.1. The smallest absolute Gasteiger partial charge is 0.273 e. The highest BCUT2D eigenvalue weighted by Gasteiger charge is 2.18. The molecule has 6 nitrogen and oxygen atoms in total. The molecule has 1 unspecified atom stereocenters. The first-order chi connectivity index (χ1) is 13.5. The Balaban J connectivity index is 1.67. The van der Waals surface area contributed by atoms with Crippen LogP contribution >= 0.6 is 0 Å². The van der Waals surface area contributed by atoms with Gasteiger partial charge in [0.2, 0.25) is 0 Å². The fourth-order valence-electron chi connectivity index (χ4n) is 2.99. The van der Waals surface area contributed by atoms with Gasteiger partial charge in [0.25, 0.3) is 5.91 Å². The van der Waals surface area contributed by atoms with Crippen molar-refractivity contribution in [3.63, 3.8) is 0 Å². The van der Waals surface area contributed by atoms with Crippen molar-refractivity contribution in [3.05, 3.63) is 71.9 Å².